The summed E-state index contributed by atoms with van der Waals surface area (Å²) in [5.41, 5.74) is 3.00. The molecule has 1 aromatic rings. The molecule has 1 atom stereocenters. The van der Waals surface area contributed by atoms with Gasteiger partial charge in [0.1, 0.15) is 6.04 Å². The minimum Gasteiger partial charge on any atom is -0.270 e. The lowest BCUT2D eigenvalue weighted by molar-refractivity contribution is 0.656. The quantitative estimate of drug-likeness (QED) is 0.405. The van der Waals surface area contributed by atoms with Gasteiger partial charge in [-0.25, -0.2) is 5.43 Å². The Morgan fingerprint density at radius 3 is 3.00 bits per heavy atom. The zero-order chi connectivity index (χ0) is 8.97. The Hall–Kier alpha value is -1.08. The molecule has 0 saturated carbocycles. The van der Waals surface area contributed by atoms with Crippen LogP contribution >= 0.6 is 11.6 Å². The van der Waals surface area contributed by atoms with Crippen molar-refractivity contribution in [2.45, 2.75) is 6.04 Å². The summed E-state index contributed by atoms with van der Waals surface area (Å²) in [5.74, 6) is 7.62. The van der Waals surface area contributed by atoms with Gasteiger partial charge in [0.2, 0.25) is 0 Å². The van der Waals surface area contributed by atoms with Gasteiger partial charge >= 0.3 is 0 Å². The Kier molecular flexibility index (Phi) is 3.06. The standard InChI is InChI=1S/C8H8ClN3/c1-2-7(12-10)8-6(9)4-3-5-11-8/h1,3-5,7,12H,10H2. The Balaban J connectivity index is 3.02. The van der Waals surface area contributed by atoms with Crippen molar-refractivity contribution < 1.29 is 0 Å². The first kappa shape index (κ1) is 9.01. The fourth-order valence-corrected chi connectivity index (χ4v) is 1.05. The van der Waals surface area contributed by atoms with Gasteiger partial charge in [-0.2, -0.15) is 0 Å². The summed E-state index contributed by atoms with van der Waals surface area (Å²) in [7, 11) is 0. The number of halogens is 1. The van der Waals surface area contributed by atoms with Gasteiger partial charge in [0, 0.05) is 6.20 Å². The van der Waals surface area contributed by atoms with Crippen LogP contribution in [0.1, 0.15) is 11.7 Å². The number of rotatable bonds is 2. The molecule has 1 heterocycles. The van der Waals surface area contributed by atoms with Crippen LogP contribution < -0.4 is 11.3 Å². The highest BCUT2D eigenvalue weighted by Crippen LogP contribution is 2.18. The number of pyridine rings is 1. The first-order valence-corrected chi connectivity index (χ1v) is 3.70. The van der Waals surface area contributed by atoms with E-state index in [1.165, 1.54) is 0 Å². The molecule has 1 unspecified atom stereocenters. The maximum absolute atomic E-state index is 5.82. The first-order valence-electron chi connectivity index (χ1n) is 3.32. The third kappa shape index (κ3) is 1.74. The monoisotopic (exact) mass is 181 g/mol. The summed E-state index contributed by atoms with van der Waals surface area (Å²) in [4.78, 5) is 4.00. The van der Waals surface area contributed by atoms with E-state index in [-0.39, 0.29) is 0 Å². The van der Waals surface area contributed by atoms with Gasteiger partial charge in [0.15, 0.2) is 0 Å². The van der Waals surface area contributed by atoms with E-state index < -0.39 is 6.04 Å². The van der Waals surface area contributed by atoms with Crippen molar-refractivity contribution in [3.8, 4) is 12.3 Å². The number of nitrogens with two attached hydrogens (primary N) is 1. The summed E-state index contributed by atoms with van der Waals surface area (Å²) in [6.45, 7) is 0. The third-order valence-electron chi connectivity index (χ3n) is 1.39. The molecule has 0 aromatic carbocycles. The van der Waals surface area contributed by atoms with E-state index in [1.807, 2.05) is 0 Å². The van der Waals surface area contributed by atoms with Gasteiger partial charge in [-0.05, 0) is 12.1 Å². The molecular formula is C8H8ClN3. The fourth-order valence-electron chi connectivity index (χ4n) is 0.816. The number of terminal acetylenes is 1. The summed E-state index contributed by atoms with van der Waals surface area (Å²) >= 11 is 5.82. The van der Waals surface area contributed by atoms with Crippen molar-refractivity contribution in [3.05, 3.63) is 29.0 Å². The Labute approximate surface area is 75.9 Å². The SMILES string of the molecule is C#CC(NN)c1ncccc1Cl. The van der Waals surface area contributed by atoms with E-state index in [9.17, 15) is 0 Å². The summed E-state index contributed by atoms with van der Waals surface area (Å²) in [5, 5.41) is 0.512. The van der Waals surface area contributed by atoms with E-state index in [4.69, 9.17) is 23.9 Å². The van der Waals surface area contributed by atoms with Gasteiger partial charge in [-0.3, -0.25) is 10.8 Å². The predicted octanol–water partition coefficient (Wildman–Crippen LogP) is 0.873. The average molecular weight is 182 g/mol. The molecule has 0 bridgehead atoms. The van der Waals surface area contributed by atoms with Crippen LogP contribution in [-0.2, 0) is 0 Å². The molecule has 0 fully saturated rings. The van der Waals surface area contributed by atoms with Crippen LogP contribution in [0, 0.1) is 12.3 Å². The fraction of sp³-hybridized carbons (Fsp3) is 0.125. The highest BCUT2D eigenvalue weighted by molar-refractivity contribution is 6.31. The normalized spacial score (nSPS) is 12.1. The second-order valence-corrected chi connectivity index (χ2v) is 2.54. The lowest BCUT2D eigenvalue weighted by Gasteiger charge is -2.08. The van der Waals surface area contributed by atoms with E-state index in [0.717, 1.165) is 0 Å². The number of hydrazine groups is 1. The van der Waals surface area contributed by atoms with Crippen LogP contribution in [0.25, 0.3) is 0 Å². The van der Waals surface area contributed by atoms with Crippen LogP contribution in [0.2, 0.25) is 5.02 Å². The zero-order valence-electron chi connectivity index (χ0n) is 6.29. The van der Waals surface area contributed by atoms with Gasteiger partial charge in [0.25, 0.3) is 0 Å². The molecule has 0 aliphatic carbocycles. The minimum atomic E-state index is -0.432. The molecule has 62 valence electrons. The number of hydrogen-bond donors (Lipinski definition) is 2. The maximum atomic E-state index is 5.82. The first-order chi connectivity index (χ1) is 5.79. The molecule has 0 radical (unpaired) electrons. The number of nitrogens with one attached hydrogen (secondary N) is 1. The lowest BCUT2D eigenvalue weighted by atomic mass is 10.2. The van der Waals surface area contributed by atoms with E-state index in [0.29, 0.717) is 10.7 Å². The van der Waals surface area contributed by atoms with Crippen molar-refractivity contribution >= 4 is 11.6 Å². The molecule has 12 heavy (non-hydrogen) atoms. The Bertz CT molecular complexity index is 305. The molecule has 4 heteroatoms. The summed E-state index contributed by atoms with van der Waals surface area (Å²) in [6.07, 6.45) is 6.81. The van der Waals surface area contributed by atoms with Gasteiger partial charge in [-0.15, -0.1) is 6.42 Å². The Morgan fingerprint density at radius 2 is 2.50 bits per heavy atom. The Morgan fingerprint density at radius 1 is 1.75 bits per heavy atom. The van der Waals surface area contributed by atoms with Crippen LogP contribution in [0.5, 0.6) is 0 Å². The van der Waals surface area contributed by atoms with Crippen LogP contribution in [0.15, 0.2) is 18.3 Å². The summed E-state index contributed by atoms with van der Waals surface area (Å²) < 4.78 is 0. The van der Waals surface area contributed by atoms with Gasteiger partial charge in [0.05, 0.1) is 10.7 Å². The molecule has 1 rings (SSSR count). The zero-order valence-corrected chi connectivity index (χ0v) is 7.05. The van der Waals surface area contributed by atoms with E-state index in [2.05, 4.69) is 16.3 Å². The third-order valence-corrected chi connectivity index (χ3v) is 1.71. The second kappa shape index (κ2) is 4.07. The molecular weight excluding hydrogens is 174 g/mol. The van der Waals surface area contributed by atoms with Gasteiger partial charge < -0.3 is 0 Å². The van der Waals surface area contributed by atoms with Crippen LogP contribution in [0.3, 0.4) is 0 Å². The largest absolute Gasteiger partial charge is 0.270 e. The van der Waals surface area contributed by atoms with Gasteiger partial charge in [-0.1, -0.05) is 17.5 Å². The van der Waals surface area contributed by atoms with Crippen molar-refractivity contribution in [2.24, 2.45) is 5.84 Å². The molecule has 0 spiro atoms. The molecule has 0 aliphatic rings. The van der Waals surface area contributed by atoms with Crippen LogP contribution in [-0.4, -0.2) is 4.98 Å². The average Bonchev–Trinajstić information content (AvgIpc) is 2.10. The molecule has 3 N–H and O–H groups in total. The van der Waals surface area contributed by atoms with Crippen molar-refractivity contribution in [1.82, 2.24) is 10.4 Å². The molecule has 0 saturated heterocycles. The second-order valence-electron chi connectivity index (χ2n) is 2.14. The summed E-state index contributed by atoms with van der Waals surface area (Å²) in [6, 6.07) is 3.01. The lowest BCUT2D eigenvalue weighted by Crippen LogP contribution is -2.27. The minimum absolute atomic E-state index is 0.432. The van der Waals surface area contributed by atoms with Crippen LogP contribution in [0.4, 0.5) is 0 Å². The topological polar surface area (TPSA) is 50.9 Å². The predicted molar refractivity (Wildman–Crippen MR) is 48.1 cm³/mol. The highest BCUT2D eigenvalue weighted by atomic mass is 35.5. The van der Waals surface area contributed by atoms with Crippen molar-refractivity contribution in [2.75, 3.05) is 0 Å². The molecule has 0 aliphatic heterocycles. The number of nitrogens with zero attached hydrogens (tertiary/aromatic N) is 1. The van der Waals surface area contributed by atoms with E-state index >= 15 is 0 Å². The maximum Gasteiger partial charge on any atom is 0.125 e. The number of hydrogen-bond acceptors (Lipinski definition) is 3. The smallest absolute Gasteiger partial charge is 0.125 e. The van der Waals surface area contributed by atoms with Crippen molar-refractivity contribution in [3.63, 3.8) is 0 Å². The molecule has 0 amide bonds. The molecule has 1 aromatic heterocycles. The highest BCUT2D eigenvalue weighted by Gasteiger charge is 2.10. The van der Waals surface area contributed by atoms with Crippen molar-refractivity contribution in [1.29, 1.82) is 0 Å². The number of aromatic nitrogens is 1. The molecule has 3 nitrogen and oxygen atoms in total. The van der Waals surface area contributed by atoms with E-state index in [1.54, 1.807) is 18.3 Å².